The number of halogens is 2. The predicted molar refractivity (Wildman–Crippen MR) is 135 cm³/mol. The highest BCUT2D eigenvalue weighted by atomic mass is 19.1. The number of benzene rings is 1. The van der Waals surface area contributed by atoms with E-state index in [2.05, 4.69) is 10.3 Å². The first-order chi connectivity index (χ1) is 18.5. The van der Waals surface area contributed by atoms with Crippen LogP contribution in [0.15, 0.2) is 30.5 Å². The molecule has 0 saturated carbocycles. The van der Waals surface area contributed by atoms with Crippen molar-refractivity contribution in [1.82, 2.24) is 10.3 Å². The summed E-state index contributed by atoms with van der Waals surface area (Å²) >= 11 is 0. The van der Waals surface area contributed by atoms with E-state index >= 15 is 0 Å². The number of nitrogens with zero attached hydrogens (tertiary/aromatic N) is 1. The molecule has 0 aliphatic rings. The summed E-state index contributed by atoms with van der Waals surface area (Å²) in [6.45, 7) is 7.51. The van der Waals surface area contributed by atoms with Crippen LogP contribution < -0.4 is 19.5 Å². The Bertz CT molecular complexity index is 1140. The molecule has 0 saturated heterocycles. The second kappa shape index (κ2) is 14.8. The molecule has 12 heteroatoms. The number of nitrogens with one attached hydrogen (secondary N) is 1. The molecule has 0 fully saturated rings. The maximum atomic E-state index is 14.3. The minimum absolute atomic E-state index is 0.0907. The predicted octanol–water partition coefficient (Wildman–Crippen LogP) is 4.20. The van der Waals surface area contributed by atoms with Crippen LogP contribution in [-0.4, -0.2) is 55.0 Å². The normalized spacial score (nSPS) is 13.2. The van der Waals surface area contributed by atoms with Crippen molar-refractivity contribution in [3.8, 4) is 17.2 Å². The van der Waals surface area contributed by atoms with Crippen molar-refractivity contribution in [3.05, 3.63) is 47.8 Å². The Balaban J connectivity index is 2.15. The summed E-state index contributed by atoms with van der Waals surface area (Å²) in [6.07, 6.45) is 0.903. The zero-order chi connectivity index (χ0) is 29.1. The smallest absolute Gasteiger partial charge is 0.328 e. The van der Waals surface area contributed by atoms with Gasteiger partial charge in [-0.3, -0.25) is 9.59 Å². The summed E-state index contributed by atoms with van der Waals surface area (Å²) in [5.41, 5.74) is -0.214. The Labute approximate surface area is 225 Å². The fraction of sp³-hybridized carbons (Fsp3) is 0.481. The fourth-order valence-electron chi connectivity index (χ4n) is 3.78. The van der Waals surface area contributed by atoms with Gasteiger partial charge in [-0.05, 0) is 44.7 Å². The number of hydrogen-bond acceptors (Lipinski definition) is 9. The summed E-state index contributed by atoms with van der Waals surface area (Å²) in [5, 5.41) is 2.48. The second-order valence-corrected chi connectivity index (χ2v) is 8.66. The maximum Gasteiger partial charge on any atom is 0.328 e. The molecule has 1 N–H and O–H groups in total. The first-order valence-corrected chi connectivity index (χ1v) is 12.4. The lowest BCUT2D eigenvalue weighted by Gasteiger charge is -2.31. The van der Waals surface area contributed by atoms with Gasteiger partial charge in [0.1, 0.15) is 24.1 Å². The number of esters is 2. The number of pyridine rings is 1. The number of amides is 1. The van der Waals surface area contributed by atoms with Crippen LogP contribution in [0.4, 0.5) is 8.78 Å². The highest BCUT2D eigenvalue weighted by Crippen LogP contribution is 2.30. The van der Waals surface area contributed by atoms with Gasteiger partial charge in [-0.1, -0.05) is 13.8 Å². The molecule has 0 aliphatic heterocycles. The third-order valence-corrected chi connectivity index (χ3v) is 5.90. The zero-order valence-electron chi connectivity index (χ0n) is 22.8. The molecule has 39 heavy (non-hydrogen) atoms. The number of methoxy groups -OCH3 is 1. The average molecular weight is 553 g/mol. The van der Waals surface area contributed by atoms with Crippen molar-refractivity contribution in [3.63, 3.8) is 0 Å². The lowest BCUT2D eigenvalue weighted by Crippen LogP contribution is -2.45. The summed E-state index contributed by atoms with van der Waals surface area (Å²) in [6, 6.07) is 3.18. The number of carbonyl (C=O) groups is 3. The first kappa shape index (κ1) is 31.3. The standard InChI is InChI=1S/C27H34F2N2O8/c1-7-18(8-2)24(39-22-13-19(28)9-10-20(22)29)16(4)38-27(34)15(3)31-26(33)23-25(37-14-36-17(5)32)21(35-6)11-12-30-23/h9-13,15-16,18,24H,7-8,14H2,1-6H3,(H,31,33)/t15-,16-,24+/m0/s1. The first-order valence-electron chi connectivity index (χ1n) is 12.4. The summed E-state index contributed by atoms with van der Waals surface area (Å²) in [7, 11) is 1.35. The molecule has 0 bridgehead atoms. The Morgan fingerprint density at radius 1 is 1.05 bits per heavy atom. The van der Waals surface area contributed by atoms with Crippen molar-refractivity contribution < 1.29 is 46.8 Å². The van der Waals surface area contributed by atoms with Gasteiger partial charge in [-0.15, -0.1) is 0 Å². The van der Waals surface area contributed by atoms with Gasteiger partial charge in [0.15, 0.2) is 28.8 Å². The number of aromatic nitrogens is 1. The molecule has 0 spiro atoms. The molecule has 0 unspecified atom stereocenters. The third-order valence-electron chi connectivity index (χ3n) is 5.90. The van der Waals surface area contributed by atoms with Crippen LogP contribution in [0.1, 0.15) is 57.9 Å². The van der Waals surface area contributed by atoms with E-state index in [0.29, 0.717) is 12.8 Å². The van der Waals surface area contributed by atoms with Gasteiger partial charge < -0.3 is 29.0 Å². The molecule has 2 aromatic rings. The quantitative estimate of drug-likeness (QED) is 0.271. The molecule has 10 nitrogen and oxygen atoms in total. The number of carbonyl (C=O) groups excluding carboxylic acids is 3. The van der Waals surface area contributed by atoms with Crippen LogP contribution in [0.5, 0.6) is 17.2 Å². The van der Waals surface area contributed by atoms with Gasteiger partial charge in [0, 0.05) is 25.3 Å². The van der Waals surface area contributed by atoms with E-state index in [-0.39, 0.29) is 28.9 Å². The van der Waals surface area contributed by atoms with Crippen molar-refractivity contribution >= 4 is 17.8 Å². The molecule has 2 rings (SSSR count). The molecule has 1 aromatic carbocycles. The molecule has 0 aliphatic carbocycles. The fourth-order valence-corrected chi connectivity index (χ4v) is 3.78. The summed E-state index contributed by atoms with van der Waals surface area (Å²) in [5.74, 6) is -3.95. The highest BCUT2D eigenvalue weighted by molar-refractivity contribution is 5.98. The molecular weight excluding hydrogens is 518 g/mol. The Morgan fingerprint density at radius 2 is 1.74 bits per heavy atom. The van der Waals surface area contributed by atoms with E-state index in [0.717, 1.165) is 18.2 Å². The SMILES string of the molecule is CCC(CC)[C@H](Oc1cc(F)ccc1F)[C@H](C)OC(=O)[C@H](C)NC(=O)c1nccc(OC)c1OCOC(C)=O. The van der Waals surface area contributed by atoms with E-state index < -0.39 is 54.5 Å². The summed E-state index contributed by atoms with van der Waals surface area (Å²) < 4.78 is 54.7. The van der Waals surface area contributed by atoms with Crippen LogP contribution in [0.25, 0.3) is 0 Å². The van der Waals surface area contributed by atoms with Crippen LogP contribution in [0.3, 0.4) is 0 Å². The van der Waals surface area contributed by atoms with Gasteiger partial charge in [0.25, 0.3) is 5.91 Å². The Hall–Kier alpha value is -3.96. The maximum absolute atomic E-state index is 14.3. The minimum atomic E-state index is -1.14. The van der Waals surface area contributed by atoms with Crippen molar-refractivity contribution in [2.45, 2.75) is 65.7 Å². The zero-order valence-corrected chi connectivity index (χ0v) is 22.8. The van der Waals surface area contributed by atoms with Crippen LogP contribution >= 0.6 is 0 Å². The Morgan fingerprint density at radius 3 is 2.36 bits per heavy atom. The van der Waals surface area contributed by atoms with Crippen LogP contribution in [0, 0.1) is 17.6 Å². The van der Waals surface area contributed by atoms with Gasteiger partial charge in [0.05, 0.1) is 7.11 Å². The molecule has 1 aromatic heterocycles. The topological polar surface area (TPSA) is 122 Å². The number of rotatable bonds is 14. The van der Waals surface area contributed by atoms with Gasteiger partial charge in [-0.2, -0.15) is 0 Å². The average Bonchev–Trinajstić information content (AvgIpc) is 2.90. The molecule has 0 radical (unpaired) electrons. The van der Waals surface area contributed by atoms with Gasteiger partial charge in [0.2, 0.25) is 6.79 Å². The van der Waals surface area contributed by atoms with Crippen LogP contribution in [-0.2, 0) is 19.1 Å². The minimum Gasteiger partial charge on any atom is -0.493 e. The van der Waals surface area contributed by atoms with E-state index in [1.165, 1.54) is 33.2 Å². The molecule has 1 amide bonds. The largest absolute Gasteiger partial charge is 0.493 e. The van der Waals surface area contributed by atoms with Gasteiger partial charge >= 0.3 is 11.9 Å². The molecule has 1 heterocycles. The Kier molecular flexibility index (Phi) is 11.9. The van der Waals surface area contributed by atoms with Crippen molar-refractivity contribution in [1.29, 1.82) is 0 Å². The van der Waals surface area contributed by atoms with E-state index in [1.54, 1.807) is 6.92 Å². The van der Waals surface area contributed by atoms with Gasteiger partial charge in [-0.25, -0.2) is 18.6 Å². The van der Waals surface area contributed by atoms with Crippen molar-refractivity contribution in [2.75, 3.05) is 13.9 Å². The molecular formula is C27H34F2N2O8. The number of hydrogen-bond donors (Lipinski definition) is 1. The number of ether oxygens (including phenoxy) is 5. The van der Waals surface area contributed by atoms with Crippen LogP contribution in [0.2, 0.25) is 0 Å². The van der Waals surface area contributed by atoms with Crippen molar-refractivity contribution in [2.24, 2.45) is 5.92 Å². The van der Waals surface area contributed by atoms with E-state index in [4.69, 9.17) is 23.7 Å². The monoisotopic (exact) mass is 552 g/mol. The third kappa shape index (κ3) is 8.79. The lowest BCUT2D eigenvalue weighted by atomic mass is 9.93. The molecule has 3 atom stereocenters. The lowest BCUT2D eigenvalue weighted by molar-refractivity contribution is -0.156. The molecule has 214 valence electrons. The second-order valence-electron chi connectivity index (χ2n) is 8.66. The highest BCUT2D eigenvalue weighted by Gasteiger charge is 2.32. The van der Waals surface area contributed by atoms with E-state index in [1.807, 2.05) is 13.8 Å². The van der Waals surface area contributed by atoms with E-state index in [9.17, 15) is 23.2 Å². The summed E-state index contributed by atoms with van der Waals surface area (Å²) in [4.78, 5) is 40.9.